The van der Waals surface area contributed by atoms with Crippen molar-refractivity contribution in [2.75, 3.05) is 37.3 Å². The Labute approximate surface area is 197 Å². The fourth-order valence-electron chi connectivity index (χ4n) is 4.97. The van der Waals surface area contributed by atoms with E-state index in [1.54, 1.807) is 24.6 Å². The average molecular weight is 467 g/mol. The number of anilines is 2. The number of nitrogens with one attached hydrogen (secondary N) is 1. The number of fused-ring (bicyclic) bond motifs is 1. The molecule has 3 aromatic heterocycles. The lowest BCUT2D eigenvalue weighted by Gasteiger charge is -2.31. The van der Waals surface area contributed by atoms with Crippen molar-refractivity contribution in [1.82, 2.24) is 25.4 Å². The molecule has 0 bridgehead atoms. The molecule has 10 heteroatoms. The van der Waals surface area contributed by atoms with Crippen molar-refractivity contribution in [1.29, 1.82) is 0 Å². The number of aromatic nitrogens is 4. The molecule has 3 N–H and O–H groups in total. The molecule has 2 atom stereocenters. The van der Waals surface area contributed by atoms with Gasteiger partial charge >= 0.3 is 0 Å². The molecule has 0 amide bonds. The first-order chi connectivity index (χ1) is 16.0. The summed E-state index contributed by atoms with van der Waals surface area (Å²) in [6, 6.07) is 2.15. The van der Waals surface area contributed by atoms with Crippen LogP contribution in [-0.4, -0.2) is 59.0 Å². The molecule has 4 heterocycles. The van der Waals surface area contributed by atoms with E-state index < -0.39 is 5.41 Å². The van der Waals surface area contributed by atoms with Gasteiger partial charge < -0.3 is 20.5 Å². The van der Waals surface area contributed by atoms with Gasteiger partial charge in [-0.15, -0.1) is 11.3 Å². The van der Waals surface area contributed by atoms with Crippen LogP contribution < -0.4 is 16.0 Å². The molecule has 5 rings (SSSR count). The molecule has 1 fully saturated rings. The summed E-state index contributed by atoms with van der Waals surface area (Å²) in [5.74, 6) is 1.78. The van der Waals surface area contributed by atoms with Gasteiger partial charge in [-0.25, -0.2) is 9.97 Å². The Morgan fingerprint density at radius 1 is 1.36 bits per heavy atom. The number of nitrogens with zero attached hydrogens (tertiary/aromatic N) is 6. The van der Waals surface area contributed by atoms with E-state index in [1.807, 2.05) is 12.3 Å². The number of aliphatic imine (C=N–C) groups is 1. The molecule has 0 unspecified atom stereocenters. The van der Waals surface area contributed by atoms with Crippen LogP contribution in [0.25, 0.3) is 11.5 Å². The molecule has 1 saturated heterocycles. The predicted molar refractivity (Wildman–Crippen MR) is 131 cm³/mol. The first-order valence-corrected chi connectivity index (χ1v) is 12.3. The van der Waals surface area contributed by atoms with Crippen molar-refractivity contribution in [3.05, 3.63) is 34.2 Å². The maximum absolute atomic E-state index is 6.35. The van der Waals surface area contributed by atoms with E-state index in [0.717, 1.165) is 55.9 Å². The summed E-state index contributed by atoms with van der Waals surface area (Å²) in [4.78, 5) is 21.9. The van der Waals surface area contributed by atoms with Crippen LogP contribution in [0.1, 0.15) is 55.0 Å². The van der Waals surface area contributed by atoms with Crippen LogP contribution in [0, 0.1) is 0 Å². The van der Waals surface area contributed by atoms with E-state index in [2.05, 4.69) is 39.2 Å². The summed E-state index contributed by atoms with van der Waals surface area (Å²) in [5, 5.41) is 8.56. The molecule has 33 heavy (non-hydrogen) atoms. The van der Waals surface area contributed by atoms with Crippen molar-refractivity contribution in [3.63, 3.8) is 0 Å². The first kappa shape index (κ1) is 22.0. The molecule has 3 aromatic rings. The van der Waals surface area contributed by atoms with Gasteiger partial charge in [-0.05, 0) is 57.7 Å². The lowest BCUT2D eigenvalue weighted by atomic mass is 9.72. The Bertz CT molecular complexity index is 1170. The van der Waals surface area contributed by atoms with Crippen molar-refractivity contribution < 1.29 is 4.52 Å². The Kier molecular flexibility index (Phi) is 5.88. The average Bonchev–Trinajstić information content (AvgIpc) is 3.36. The molecule has 1 aliphatic carbocycles. The van der Waals surface area contributed by atoms with Gasteiger partial charge in [0, 0.05) is 49.0 Å². The van der Waals surface area contributed by atoms with Gasteiger partial charge in [-0.2, -0.15) is 4.98 Å². The number of nitrogens with two attached hydrogens (primary N) is 1. The molecule has 1 aliphatic heterocycles. The van der Waals surface area contributed by atoms with E-state index >= 15 is 0 Å². The molecule has 174 valence electrons. The van der Waals surface area contributed by atoms with Gasteiger partial charge in [0.25, 0.3) is 0 Å². The fraction of sp³-hybridized carbons (Fsp3) is 0.522. The Hall–Kier alpha value is -2.85. The van der Waals surface area contributed by atoms with E-state index in [-0.39, 0.29) is 0 Å². The lowest BCUT2D eigenvalue weighted by Crippen LogP contribution is -2.38. The van der Waals surface area contributed by atoms with Crippen LogP contribution in [-0.2, 0) is 11.8 Å². The first-order valence-electron chi connectivity index (χ1n) is 11.5. The van der Waals surface area contributed by atoms with Crippen molar-refractivity contribution >= 4 is 28.5 Å². The van der Waals surface area contributed by atoms with Crippen molar-refractivity contribution in [3.8, 4) is 11.5 Å². The topological polar surface area (TPSA) is 118 Å². The second-order valence-electron chi connectivity index (χ2n) is 9.02. The summed E-state index contributed by atoms with van der Waals surface area (Å²) < 4.78 is 5.86. The smallest absolute Gasteiger partial charge is 0.237 e. The van der Waals surface area contributed by atoms with Gasteiger partial charge in [-0.1, -0.05) is 5.16 Å². The molecule has 0 saturated carbocycles. The third-order valence-corrected chi connectivity index (χ3v) is 7.78. The molecular weight excluding hydrogens is 436 g/mol. The highest BCUT2D eigenvalue weighted by atomic mass is 32.1. The van der Waals surface area contributed by atoms with E-state index in [4.69, 9.17) is 20.2 Å². The summed E-state index contributed by atoms with van der Waals surface area (Å²) >= 11 is 1.64. The van der Waals surface area contributed by atoms with Crippen molar-refractivity contribution in [2.24, 2.45) is 4.99 Å². The number of hydrogen-bond acceptors (Lipinski definition) is 10. The molecule has 0 aromatic carbocycles. The zero-order valence-electron chi connectivity index (χ0n) is 19.3. The highest BCUT2D eigenvalue weighted by Gasteiger charge is 2.42. The maximum Gasteiger partial charge on any atom is 0.237 e. The van der Waals surface area contributed by atoms with E-state index in [1.165, 1.54) is 10.4 Å². The zero-order chi connectivity index (χ0) is 23.0. The van der Waals surface area contributed by atoms with Gasteiger partial charge in [-0.3, -0.25) is 4.99 Å². The number of rotatable bonds is 4. The Morgan fingerprint density at radius 3 is 3.09 bits per heavy atom. The number of thiophene rings is 1. The lowest BCUT2D eigenvalue weighted by molar-refractivity contribution is 0.300. The summed E-state index contributed by atoms with van der Waals surface area (Å²) in [6.07, 6.45) is 7.64. The summed E-state index contributed by atoms with van der Waals surface area (Å²) in [6.45, 7) is 7.18. The summed E-state index contributed by atoms with van der Waals surface area (Å²) in [5.41, 5.74) is 8.75. The minimum absolute atomic E-state index is 0.311. The highest BCUT2D eigenvalue weighted by Crippen LogP contribution is 2.48. The largest absolute Gasteiger partial charge is 0.390 e. The molecule has 2 aliphatic rings. The monoisotopic (exact) mass is 466 g/mol. The normalized spacial score (nSPS) is 23.6. The molecule has 0 spiro atoms. The maximum atomic E-state index is 6.35. The summed E-state index contributed by atoms with van der Waals surface area (Å²) in [7, 11) is 1.77. The van der Waals surface area contributed by atoms with Gasteiger partial charge in [0.15, 0.2) is 0 Å². The minimum Gasteiger partial charge on any atom is -0.390 e. The number of aryl methyl sites for hydroxylation is 1. The van der Waals surface area contributed by atoms with Crippen LogP contribution in [0.3, 0.4) is 0 Å². The third kappa shape index (κ3) is 3.91. The SMILES string of the molecule is C/N=C\c1c(N)sc2c1[C@@](C)(c1nc(-c3ccnc(N4CCCNC[C@@H]4C)n3)no1)CCC2. The van der Waals surface area contributed by atoms with Crippen LogP contribution in [0.2, 0.25) is 0 Å². The molecule has 0 radical (unpaired) electrons. The predicted octanol–water partition coefficient (Wildman–Crippen LogP) is 3.05. The Balaban J connectivity index is 1.50. The van der Waals surface area contributed by atoms with Crippen LogP contribution >= 0.6 is 11.3 Å². The highest BCUT2D eigenvalue weighted by molar-refractivity contribution is 7.16. The van der Waals surface area contributed by atoms with Gasteiger partial charge in [0.05, 0.1) is 10.4 Å². The Morgan fingerprint density at radius 2 is 2.24 bits per heavy atom. The second kappa shape index (κ2) is 8.83. The van der Waals surface area contributed by atoms with Gasteiger partial charge in [0.2, 0.25) is 17.7 Å². The quantitative estimate of drug-likeness (QED) is 0.563. The standard InChI is InChI=1S/C23H30N8OS/c1-14-12-26-9-5-11-31(14)22-27-10-7-16(28-22)20-29-21(32-30-20)23(2)8-4-6-17-18(23)15(13-25-3)19(24)33-17/h7,10,13-14,26H,4-6,8-9,11-12,24H2,1-3H3/b25-13-/t14-,23-/m0/s1. The second-order valence-corrected chi connectivity index (χ2v) is 10.2. The fourth-order valence-corrected chi connectivity index (χ4v) is 6.18. The number of hydrogen-bond donors (Lipinski definition) is 2. The van der Waals surface area contributed by atoms with E-state index in [9.17, 15) is 0 Å². The number of nitrogen functional groups attached to an aromatic ring is 1. The zero-order valence-corrected chi connectivity index (χ0v) is 20.2. The molecule has 9 nitrogen and oxygen atoms in total. The van der Waals surface area contributed by atoms with Crippen LogP contribution in [0.5, 0.6) is 0 Å². The van der Waals surface area contributed by atoms with Gasteiger partial charge in [0.1, 0.15) is 5.69 Å². The van der Waals surface area contributed by atoms with E-state index in [0.29, 0.717) is 29.4 Å². The van der Waals surface area contributed by atoms with Crippen LogP contribution in [0.15, 0.2) is 21.8 Å². The van der Waals surface area contributed by atoms with Crippen molar-refractivity contribution in [2.45, 2.75) is 51.0 Å². The molecular formula is C23H30N8OS. The van der Waals surface area contributed by atoms with Crippen LogP contribution in [0.4, 0.5) is 10.9 Å². The minimum atomic E-state index is -0.412. The third-order valence-electron chi connectivity index (χ3n) is 6.69.